The van der Waals surface area contributed by atoms with E-state index in [0.29, 0.717) is 11.8 Å². The first kappa shape index (κ1) is 21.1. The molecular weight excluding hydrogens is 379 g/mol. The van der Waals surface area contributed by atoms with Gasteiger partial charge in [0.2, 0.25) is 0 Å². The zero-order chi connectivity index (χ0) is 21.3. The second kappa shape index (κ2) is 8.94. The number of likely N-dealkylation sites (N-methyl/N-ethyl adjacent to an activating group) is 1. The van der Waals surface area contributed by atoms with Gasteiger partial charge in [-0.25, -0.2) is 4.39 Å². The Balaban J connectivity index is 1.53. The highest BCUT2D eigenvalue weighted by Crippen LogP contribution is 2.37. The minimum absolute atomic E-state index is 0.00740. The van der Waals surface area contributed by atoms with Crippen molar-refractivity contribution >= 4 is 0 Å². The van der Waals surface area contributed by atoms with Crippen molar-refractivity contribution < 1.29 is 13.9 Å². The molecule has 1 fully saturated rings. The summed E-state index contributed by atoms with van der Waals surface area (Å²) in [5, 5.41) is 0. The fraction of sp³-hybridized carbons (Fsp3) is 0.520. The van der Waals surface area contributed by atoms with E-state index in [1.807, 2.05) is 12.1 Å². The minimum Gasteiger partial charge on any atom is -0.497 e. The smallest absolute Gasteiger partial charge is 0.130 e. The average molecular weight is 413 g/mol. The Bertz CT molecular complexity index is 877. The molecule has 4 nitrogen and oxygen atoms in total. The lowest BCUT2D eigenvalue weighted by atomic mass is 9.84. The van der Waals surface area contributed by atoms with Crippen molar-refractivity contribution in [1.29, 1.82) is 0 Å². The van der Waals surface area contributed by atoms with Crippen molar-refractivity contribution in [2.45, 2.75) is 51.3 Å². The van der Waals surface area contributed by atoms with Gasteiger partial charge in [-0.05, 0) is 68.6 Å². The Morgan fingerprint density at radius 3 is 2.37 bits per heavy atom. The molecule has 0 saturated carbocycles. The van der Waals surface area contributed by atoms with Crippen LogP contribution >= 0.6 is 0 Å². The third-order valence-electron chi connectivity index (χ3n) is 6.52. The van der Waals surface area contributed by atoms with Gasteiger partial charge in [-0.2, -0.15) is 0 Å². The van der Waals surface area contributed by atoms with E-state index < -0.39 is 0 Å². The van der Waals surface area contributed by atoms with Crippen molar-refractivity contribution in [3.8, 4) is 11.5 Å². The van der Waals surface area contributed by atoms with Crippen LogP contribution in [0.4, 0.5) is 4.39 Å². The van der Waals surface area contributed by atoms with E-state index in [9.17, 15) is 4.39 Å². The van der Waals surface area contributed by atoms with Crippen molar-refractivity contribution in [2.75, 3.05) is 33.8 Å². The number of nitrogens with zero attached hydrogens (tertiary/aromatic N) is 2. The van der Waals surface area contributed by atoms with Gasteiger partial charge in [0, 0.05) is 44.2 Å². The molecule has 2 aromatic carbocycles. The molecule has 162 valence electrons. The number of methoxy groups -OCH3 is 1. The molecule has 1 atom stereocenters. The summed E-state index contributed by atoms with van der Waals surface area (Å²) in [5.74, 6) is 1.28. The number of benzene rings is 2. The first-order chi connectivity index (χ1) is 14.4. The number of likely N-dealkylation sites (tertiary alicyclic amines) is 1. The molecule has 0 spiro atoms. The predicted octanol–water partition coefficient (Wildman–Crippen LogP) is 4.66. The van der Waals surface area contributed by atoms with E-state index in [1.54, 1.807) is 7.11 Å². The second-order valence-corrected chi connectivity index (χ2v) is 8.94. The molecule has 0 radical (unpaired) electrons. The number of hydrogen-bond acceptors (Lipinski definition) is 4. The van der Waals surface area contributed by atoms with E-state index in [4.69, 9.17) is 9.47 Å². The van der Waals surface area contributed by atoms with Gasteiger partial charge >= 0.3 is 0 Å². The van der Waals surface area contributed by atoms with Gasteiger partial charge in [-0.3, -0.25) is 0 Å². The van der Waals surface area contributed by atoms with E-state index in [-0.39, 0.29) is 17.8 Å². The van der Waals surface area contributed by atoms with Gasteiger partial charge in [-0.1, -0.05) is 12.1 Å². The zero-order valence-electron chi connectivity index (χ0n) is 18.5. The van der Waals surface area contributed by atoms with Crippen molar-refractivity contribution in [3.05, 3.63) is 58.9 Å². The molecule has 0 amide bonds. The highest BCUT2D eigenvalue weighted by Gasteiger charge is 2.28. The van der Waals surface area contributed by atoms with Crippen LogP contribution in [0.15, 0.2) is 36.4 Å². The monoisotopic (exact) mass is 412 g/mol. The molecule has 4 rings (SSSR count). The summed E-state index contributed by atoms with van der Waals surface area (Å²) in [4.78, 5) is 4.76. The molecule has 30 heavy (non-hydrogen) atoms. The number of ether oxygens (including phenoxy) is 2. The Morgan fingerprint density at radius 2 is 1.70 bits per heavy atom. The molecule has 2 aliphatic heterocycles. The highest BCUT2D eigenvalue weighted by atomic mass is 19.1. The number of rotatable bonds is 5. The summed E-state index contributed by atoms with van der Waals surface area (Å²) < 4.78 is 26.3. The number of hydrogen-bond donors (Lipinski definition) is 0. The Kier molecular flexibility index (Phi) is 6.30. The van der Waals surface area contributed by atoms with Crippen LogP contribution in [-0.2, 0) is 6.54 Å². The molecule has 5 heteroatoms. The van der Waals surface area contributed by atoms with Crippen LogP contribution in [0.2, 0.25) is 0 Å². The van der Waals surface area contributed by atoms with Crippen LogP contribution in [0.5, 0.6) is 11.5 Å². The molecule has 2 heterocycles. The van der Waals surface area contributed by atoms with E-state index in [0.717, 1.165) is 50.3 Å². The number of piperidine rings is 1. The summed E-state index contributed by atoms with van der Waals surface area (Å²) in [6.45, 7) is 8.34. The van der Waals surface area contributed by atoms with E-state index in [1.165, 1.54) is 17.2 Å². The predicted molar refractivity (Wildman–Crippen MR) is 118 cm³/mol. The number of fused-ring (bicyclic) bond motifs is 1. The largest absolute Gasteiger partial charge is 0.497 e. The van der Waals surface area contributed by atoms with E-state index in [2.05, 4.69) is 48.9 Å². The lowest BCUT2D eigenvalue weighted by Gasteiger charge is -2.35. The first-order valence-electron chi connectivity index (χ1n) is 11.0. The molecule has 1 unspecified atom stereocenters. The third kappa shape index (κ3) is 4.47. The topological polar surface area (TPSA) is 24.9 Å². The molecule has 2 aromatic rings. The summed E-state index contributed by atoms with van der Waals surface area (Å²) in [7, 11) is 3.65. The maximum absolute atomic E-state index is 14.8. The lowest BCUT2D eigenvalue weighted by molar-refractivity contribution is 0.0841. The zero-order valence-corrected chi connectivity index (χ0v) is 18.5. The van der Waals surface area contributed by atoms with Crippen LogP contribution in [-0.4, -0.2) is 55.7 Å². The van der Waals surface area contributed by atoms with Gasteiger partial charge < -0.3 is 19.3 Å². The van der Waals surface area contributed by atoms with Gasteiger partial charge in [-0.15, -0.1) is 0 Å². The van der Waals surface area contributed by atoms with Gasteiger partial charge in [0.25, 0.3) is 0 Å². The third-order valence-corrected chi connectivity index (χ3v) is 6.52. The van der Waals surface area contributed by atoms with Gasteiger partial charge in [0.15, 0.2) is 0 Å². The molecule has 0 bridgehead atoms. The van der Waals surface area contributed by atoms with Crippen LogP contribution in [0.25, 0.3) is 0 Å². The Hall–Kier alpha value is -2.11. The summed E-state index contributed by atoms with van der Waals surface area (Å²) >= 11 is 0. The summed E-state index contributed by atoms with van der Waals surface area (Å²) in [5.41, 5.74) is 3.14. The molecule has 0 aliphatic carbocycles. The SMILES string of the molecule is COc1ccc(C2CN(C)Cc3cc(OC4CCN(C(C)C)CC4)ccc32)c(F)c1. The fourth-order valence-electron chi connectivity index (χ4n) is 4.78. The minimum atomic E-state index is -0.210. The van der Waals surface area contributed by atoms with Crippen molar-refractivity contribution in [2.24, 2.45) is 0 Å². The maximum atomic E-state index is 14.8. The highest BCUT2D eigenvalue weighted by molar-refractivity contribution is 5.45. The summed E-state index contributed by atoms with van der Waals surface area (Å²) in [6, 6.07) is 12.1. The molecule has 0 aromatic heterocycles. The number of halogens is 1. The first-order valence-corrected chi connectivity index (χ1v) is 11.0. The normalized spacial score (nSPS) is 20.9. The van der Waals surface area contributed by atoms with Crippen LogP contribution in [0.1, 0.15) is 49.3 Å². The Morgan fingerprint density at radius 1 is 1.00 bits per heavy atom. The quantitative estimate of drug-likeness (QED) is 0.713. The molecule has 1 saturated heterocycles. The fourth-order valence-corrected chi connectivity index (χ4v) is 4.78. The lowest BCUT2D eigenvalue weighted by Crippen LogP contribution is -2.41. The Labute approximate surface area is 179 Å². The molecular formula is C25H33FN2O2. The maximum Gasteiger partial charge on any atom is 0.130 e. The van der Waals surface area contributed by atoms with Crippen LogP contribution in [0.3, 0.4) is 0 Å². The van der Waals surface area contributed by atoms with Crippen LogP contribution in [0, 0.1) is 5.82 Å². The summed E-state index contributed by atoms with van der Waals surface area (Å²) in [6.07, 6.45) is 2.40. The van der Waals surface area contributed by atoms with Crippen LogP contribution < -0.4 is 9.47 Å². The molecule has 0 N–H and O–H groups in total. The average Bonchev–Trinajstić information content (AvgIpc) is 2.73. The van der Waals surface area contributed by atoms with Gasteiger partial charge in [0.1, 0.15) is 23.4 Å². The van der Waals surface area contributed by atoms with Crippen molar-refractivity contribution in [3.63, 3.8) is 0 Å². The second-order valence-electron chi connectivity index (χ2n) is 8.94. The standard InChI is InChI=1S/C25H33FN2O2/c1-17(2)28-11-9-19(10-12-28)30-21-6-7-22-18(13-21)15-27(3)16-24(22)23-8-5-20(29-4)14-25(23)26/h5-8,13-14,17,19,24H,9-12,15-16H2,1-4H3. The van der Waals surface area contributed by atoms with Crippen molar-refractivity contribution in [1.82, 2.24) is 9.80 Å². The van der Waals surface area contributed by atoms with E-state index >= 15 is 0 Å². The molecule has 2 aliphatic rings. The van der Waals surface area contributed by atoms with Gasteiger partial charge in [0.05, 0.1) is 7.11 Å².